The minimum absolute atomic E-state index is 0.122. The lowest BCUT2D eigenvalue weighted by molar-refractivity contribution is -0.128. The molecule has 0 unspecified atom stereocenters. The van der Waals surface area contributed by atoms with Gasteiger partial charge in [-0.1, -0.05) is 47.7 Å². The minimum Gasteiger partial charge on any atom is -0.340 e. The molecule has 0 bridgehead atoms. The Kier molecular flexibility index (Phi) is 5.76. The molecule has 4 rings (SSSR count). The van der Waals surface area contributed by atoms with Crippen molar-refractivity contribution in [3.05, 3.63) is 60.3 Å². The van der Waals surface area contributed by atoms with E-state index < -0.39 is 6.03 Å². The van der Waals surface area contributed by atoms with Crippen molar-refractivity contribution in [3.8, 4) is 10.7 Å². The number of hydrogen-bond donors (Lipinski definition) is 2. The van der Waals surface area contributed by atoms with Crippen molar-refractivity contribution in [3.63, 3.8) is 0 Å². The lowest BCUT2D eigenvalue weighted by Crippen LogP contribution is -2.40. The van der Waals surface area contributed by atoms with Gasteiger partial charge in [0.2, 0.25) is 11.0 Å². The number of amides is 3. The molecule has 1 atom stereocenters. The minimum atomic E-state index is -0.394. The molecule has 1 fully saturated rings. The molecule has 1 saturated heterocycles. The number of hydrogen-bond acceptors (Lipinski definition) is 6. The Hall–Kier alpha value is -3.33. The topological polar surface area (TPSA) is 100 Å². The molecule has 0 radical (unpaired) electrons. The van der Waals surface area contributed by atoms with Gasteiger partial charge in [0.25, 0.3) is 0 Å². The predicted octanol–water partition coefficient (Wildman–Crippen LogP) is 3.09. The lowest BCUT2D eigenvalue weighted by Gasteiger charge is -2.25. The van der Waals surface area contributed by atoms with Gasteiger partial charge < -0.3 is 10.2 Å². The van der Waals surface area contributed by atoms with E-state index >= 15 is 0 Å². The van der Waals surface area contributed by atoms with Gasteiger partial charge in [0, 0.05) is 25.7 Å². The van der Waals surface area contributed by atoms with Gasteiger partial charge in [-0.05, 0) is 24.1 Å². The van der Waals surface area contributed by atoms with Gasteiger partial charge >= 0.3 is 6.03 Å². The van der Waals surface area contributed by atoms with Gasteiger partial charge in [-0.2, -0.15) is 0 Å². The number of urea groups is 1. The Balaban J connectivity index is 1.44. The van der Waals surface area contributed by atoms with Crippen LogP contribution in [-0.2, 0) is 4.79 Å². The molecule has 148 valence electrons. The maximum atomic E-state index is 12.6. The molecule has 2 aromatic heterocycles. The van der Waals surface area contributed by atoms with Crippen LogP contribution in [0.15, 0.2) is 54.7 Å². The molecule has 1 aliphatic heterocycles. The van der Waals surface area contributed by atoms with Crippen LogP contribution in [0, 0.1) is 0 Å². The highest BCUT2D eigenvalue weighted by Crippen LogP contribution is 2.24. The highest BCUT2D eigenvalue weighted by Gasteiger charge is 2.25. The average molecular weight is 408 g/mol. The molecule has 3 heterocycles. The van der Waals surface area contributed by atoms with E-state index in [-0.39, 0.29) is 11.9 Å². The molecule has 0 spiro atoms. The molecule has 0 aliphatic carbocycles. The number of anilines is 1. The van der Waals surface area contributed by atoms with E-state index in [1.165, 1.54) is 11.3 Å². The smallest absolute Gasteiger partial charge is 0.321 e. The van der Waals surface area contributed by atoms with E-state index in [0.29, 0.717) is 28.8 Å². The Bertz CT molecular complexity index is 979. The molecular formula is C20H20N6O2S. The van der Waals surface area contributed by atoms with E-state index in [9.17, 15) is 9.59 Å². The number of carbonyl (C=O) groups excluding carboxylic acids is 2. The SMILES string of the molecule is O=C(Nc1nnc(-c2ccccn2)s1)N[C@H](CN1CCCC1=O)c1ccccc1. The van der Waals surface area contributed by atoms with E-state index in [0.717, 1.165) is 18.5 Å². The maximum absolute atomic E-state index is 12.6. The third-order valence-electron chi connectivity index (χ3n) is 4.61. The highest BCUT2D eigenvalue weighted by molar-refractivity contribution is 7.18. The van der Waals surface area contributed by atoms with Gasteiger partial charge in [0.05, 0.1) is 6.04 Å². The molecule has 1 aliphatic rings. The lowest BCUT2D eigenvalue weighted by atomic mass is 10.1. The molecule has 3 aromatic rings. The molecule has 8 nitrogen and oxygen atoms in total. The summed E-state index contributed by atoms with van der Waals surface area (Å²) in [6.07, 6.45) is 3.10. The van der Waals surface area contributed by atoms with E-state index in [1.54, 1.807) is 11.1 Å². The number of benzene rings is 1. The van der Waals surface area contributed by atoms with Crippen molar-refractivity contribution >= 4 is 28.4 Å². The molecule has 29 heavy (non-hydrogen) atoms. The predicted molar refractivity (Wildman–Crippen MR) is 110 cm³/mol. The summed E-state index contributed by atoms with van der Waals surface area (Å²) in [5.41, 5.74) is 1.64. The van der Waals surface area contributed by atoms with Crippen molar-refractivity contribution < 1.29 is 9.59 Å². The van der Waals surface area contributed by atoms with Crippen LogP contribution in [0.1, 0.15) is 24.4 Å². The first kappa shape index (κ1) is 19.0. The van der Waals surface area contributed by atoms with E-state index in [2.05, 4.69) is 25.8 Å². The number of nitrogens with one attached hydrogen (secondary N) is 2. The first-order valence-corrected chi connectivity index (χ1v) is 10.2. The molecule has 9 heteroatoms. The summed E-state index contributed by atoms with van der Waals surface area (Å²) in [6, 6.07) is 14.4. The Morgan fingerprint density at radius 1 is 1.14 bits per heavy atom. The van der Waals surface area contributed by atoms with Gasteiger partial charge in [0.15, 0.2) is 5.01 Å². The first-order valence-electron chi connectivity index (χ1n) is 9.34. The largest absolute Gasteiger partial charge is 0.340 e. The fraction of sp³-hybridized carbons (Fsp3) is 0.250. The van der Waals surface area contributed by atoms with Crippen molar-refractivity contribution in [2.75, 3.05) is 18.4 Å². The van der Waals surface area contributed by atoms with Gasteiger partial charge in [0.1, 0.15) is 5.69 Å². The zero-order valence-corrected chi connectivity index (χ0v) is 16.4. The summed E-state index contributed by atoms with van der Waals surface area (Å²) in [4.78, 5) is 30.7. The third-order valence-corrected chi connectivity index (χ3v) is 5.47. The summed E-state index contributed by atoms with van der Waals surface area (Å²) < 4.78 is 0. The first-order chi connectivity index (χ1) is 14.2. The number of carbonyl (C=O) groups is 2. The fourth-order valence-corrected chi connectivity index (χ4v) is 3.91. The number of likely N-dealkylation sites (tertiary alicyclic amines) is 1. The van der Waals surface area contributed by atoms with Crippen LogP contribution >= 0.6 is 11.3 Å². The summed E-state index contributed by atoms with van der Waals surface area (Å²) in [6.45, 7) is 1.15. The normalized spacial score (nSPS) is 14.6. The standard InChI is InChI=1S/C20H20N6O2S/c27-17-10-6-12-26(17)13-16(14-7-2-1-3-8-14)22-19(28)23-20-25-24-18(29-20)15-9-4-5-11-21-15/h1-5,7-9,11,16H,6,10,12-13H2,(H2,22,23,25,28)/t16-/m1/s1. The molecule has 0 saturated carbocycles. The molecular weight excluding hydrogens is 388 g/mol. The number of pyridine rings is 1. The summed E-state index contributed by atoms with van der Waals surface area (Å²) in [7, 11) is 0. The van der Waals surface area contributed by atoms with E-state index in [1.807, 2.05) is 48.5 Å². The monoisotopic (exact) mass is 408 g/mol. The van der Waals surface area contributed by atoms with Crippen molar-refractivity contribution in [2.45, 2.75) is 18.9 Å². The fourth-order valence-electron chi connectivity index (χ4n) is 3.20. The van der Waals surface area contributed by atoms with Crippen molar-refractivity contribution in [2.24, 2.45) is 0 Å². The van der Waals surface area contributed by atoms with Crippen LogP contribution in [0.5, 0.6) is 0 Å². The number of rotatable bonds is 6. The van der Waals surface area contributed by atoms with Gasteiger partial charge in [-0.15, -0.1) is 10.2 Å². The second-order valence-corrected chi connectivity index (χ2v) is 7.61. The van der Waals surface area contributed by atoms with Crippen LogP contribution in [0.4, 0.5) is 9.93 Å². The van der Waals surface area contributed by atoms with Gasteiger partial charge in [-0.25, -0.2) is 4.79 Å². The maximum Gasteiger partial charge on any atom is 0.321 e. The molecule has 2 N–H and O–H groups in total. The highest BCUT2D eigenvalue weighted by atomic mass is 32.1. The van der Waals surface area contributed by atoms with Crippen molar-refractivity contribution in [1.29, 1.82) is 0 Å². The summed E-state index contributed by atoms with van der Waals surface area (Å²) in [5.74, 6) is 0.122. The number of nitrogens with zero attached hydrogens (tertiary/aromatic N) is 4. The Labute approximate surface area is 172 Å². The van der Waals surface area contributed by atoms with Crippen LogP contribution in [0.25, 0.3) is 10.7 Å². The molecule has 3 amide bonds. The second-order valence-electron chi connectivity index (χ2n) is 6.63. The summed E-state index contributed by atoms with van der Waals surface area (Å²) in [5, 5.41) is 14.8. The third kappa shape index (κ3) is 4.75. The van der Waals surface area contributed by atoms with Crippen LogP contribution in [0.2, 0.25) is 0 Å². The van der Waals surface area contributed by atoms with Crippen molar-refractivity contribution in [1.82, 2.24) is 25.4 Å². The summed E-state index contributed by atoms with van der Waals surface area (Å²) >= 11 is 1.25. The quantitative estimate of drug-likeness (QED) is 0.653. The van der Waals surface area contributed by atoms with Crippen LogP contribution in [0.3, 0.4) is 0 Å². The van der Waals surface area contributed by atoms with E-state index in [4.69, 9.17) is 0 Å². The zero-order valence-electron chi connectivity index (χ0n) is 15.6. The Morgan fingerprint density at radius 2 is 1.97 bits per heavy atom. The Morgan fingerprint density at radius 3 is 2.69 bits per heavy atom. The molecule has 1 aromatic carbocycles. The van der Waals surface area contributed by atoms with Crippen LogP contribution < -0.4 is 10.6 Å². The second kappa shape index (κ2) is 8.78. The zero-order chi connectivity index (χ0) is 20.1. The van der Waals surface area contributed by atoms with Gasteiger partial charge in [-0.3, -0.25) is 15.1 Å². The average Bonchev–Trinajstić information content (AvgIpc) is 3.38. The van der Waals surface area contributed by atoms with Crippen LogP contribution in [-0.4, -0.2) is 45.1 Å². The number of aromatic nitrogens is 3.